The van der Waals surface area contributed by atoms with Crippen molar-refractivity contribution >= 4 is 43.2 Å². The maximum atomic E-state index is 11.7. The van der Waals surface area contributed by atoms with Gasteiger partial charge in [-0.05, 0) is 47.0 Å². The molecular formula is C11H15BrClNO3S. The van der Waals surface area contributed by atoms with E-state index in [1.807, 2.05) is 0 Å². The molecule has 1 N–H and O–H groups in total. The molecule has 0 aliphatic heterocycles. The SMILES string of the molecule is COc1ccc(NS(=O)(=O)CCCCCl)cc1Br. The average molecular weight is 357 g/mol. The summed E-state index contributed by atoms with van der Waals surface area (Å²) < 4.78 is 31.8. The minimum atomic E-state index is -3.31. The Morgan fingerprint density at radius 1 is 1.39 bits per heavy atom. The highest BCUT2D eigenvalue weighted by Gasteiger charge is 2.11. The summed E-state index contributed by atoms with van der Waals surface area (Å²) in [6.07, 6.45) is 1.24. The lowest BCUT2D eigenvalue weighted by Gasteiger charge is -2.09. The zero-order chi connectivity index (χ0) is 13.6. The van der Waals surface area contributed by atoms with E-state index in [0.29, 0.717) is 34.6 Å². The third-order valence-corrected chi connectivity index (χ3v) is 4.48. The zero-order valence-corrected chi connectivity index (χ0v) is 13.1. The topological polar surface area (TPSA) is 55.4 Å². The fraction of sp³-hybridized carbons (Fsp3) is 0.455. The second-order valence-electron chi connectivity index (χ2n) is 3.67. The van der Waals surface area contributed by atoms with Crippen LogP contribution in [0.1, 0.15) is 12.8 Å². The molecule has 0 amide bonds. The molecule has 1 rings (SSSR count). The summed E-state index contributed by atoms with van der Waals surface area (Å²) in [7, 11) is -1.76. The van der Waals surface area contributed by atoms with Crippen molar-refractivity contribution in [2.45, 2.75) is 12.8 Å². The largest absolute Gasteiger partial charge is 0.496 e. The van der Waals surface area contributed by atoms with Crippen molar-refractivity contribution in [2.75, 3.05) is 23.5 Å². The number of nitrogens with one attached hydrogen (secondary N) is 1. The highest BCUT2D eigenvalue weighted by molar-refractivity contribution is 9.10. The minimum absolute atomic E-state index is 0.0728. The van der Waals surface area contributed by atoms with E-state index in [2.05, 4.69) is 20.7 Å². The Kier molecular flexibility index (Phi) is 6.25. The van der Waals surface area contributed by atoms with Gasteiger partial charge >= 0.3 is 0 Å². The van der Waals surface area contributed by atoms with Gasteiger partial charge in [0.2, 0.25) is 10.0 Å². The molecule has 0 aliphatic carbocycles. The summed E-state index contributed by atoms with van der Waals surface area (Å²) in [6, 6.07) is 5.02. The minimum Gasteiger partial charge on any atom is -0.496 e. The highest BCUT2D eigenvalue weighted by Crippen LogP contribution is 2.28. The standard InChI is InChI=1S/C11H15BrClNO3S/c1-17-11-5-4-9(8-10(11)12)14-18(15,16)7-3-2-6-13/h4-5,8,14H,2-3,6-7H2,1H3. The van der Waals surface area contributed by atoms with Crippen molar-refractivity contribution in [3.8, 4) is 5.75 Å². The average Bonchev–Trinajstić information content (AvgIpc) is 2.29. The summed E-state index contributed by atoms with van der Waals surface area (Å²) in [6.45, 7) is 0. The number of alkyl halides is 1. The maximum Gasteiger partial charge on any atom is 0.232 e. The molecule has 18 heavy (non-hydrogen) atoms. The predicted molar refractivity (Wildman–Crippen MR) is 78.1 cm³/mol. The number of sulfonamides is 1. The molecule has 0 saturated carbocycles. The van der Waals surface area contributed by atoms with Crippen LogP contribution in [0.15, 0.2) is 22.7 Å². The molecule has 1 aromatic rings. The molecule has 4 nitrogen and oxygen atoms in total. The van der Waals surface area contributed by atoms with Gasteiger partial charge in [0, 0.05) is 11.6 Å². The molecule has 102 valence electrons. The van der Waals surface area contributed by atoms with E-state index in [9.17, 15) is 8.42 Å². The lowest BCUT2D eigenvalue weighted by molar-refractivity contribution is 0.412. The smallest absolute Gasteiger partial charge is 0.232 e. The molecule has 1 aromatic carbocycles. The molecule has 0 aromatic heterocycles. The Morgan fingerprint density at radius 3 is 2.67 bits per heavy atom. The molecule has 0 unspecified atom stereocenters. The van der Waals surface area contributed by atoms with Crippen molar-refractivity contribution in [2.24, 2.45) is 0 Å². The molecule has 0 aliphatic rings. The zero-order valence-electron chi connectivity index (χ0n) is 9.95. The maximum absolute atomic E-state index is 11.7. The van der Waals surface area contributed by atoms with Crippen LogP contribution in [0.25, 0.3) is 0 Å². The Balaban J connectivity index is 2.69. The third kappa shape index (κ3) is 5.04. The van der Waals surface area contributed by atoms with Gasteiger partial charge in [-0.3, -0.25) is 4.72 Å². The van der Waals surface area contributed by atoms with E-state index in [-0.39, 0.29) is 5.75 Å². The van der Waals surface area contributed by atoms with Gasteiger partial charge in [0.15, 0.2) is 0 Å². The van der Waals surface area contributed by atoms with Crippen LogP contribution in [0.3, 0.4) is 0 Å². The van der Waals surface area contributed by atoms with Gasteiger partial charge in [-0.1, -0.05) is 0 Å². The number of hydrogen-bond donors (Lipinski definition) is 1. The van der Waals surface area contributed by atoms with E-state index in [4.69, 9.17) is 16.3 Å². The Hall–Kier alpha value is -0.460. The monoisotopic (exact) mass is 355 g/mol. The van der Waals surface area contributed by atoms with E-state index < -0.39 is 10.0 Å². The van der Waals surface area contributed by atoms with Crippen molar-refractivity contribution in [1.82, 2.24) is 0 Å². The first kappa shape index (κ1) is 15.6. The normalized spacial score (nSPS) is 11.3. The Morgan fingerprint density at radius 2 is 2.11 bits per heavy atom. The summed E-state index contributed by atoms with van der Waals surface area (Å²) >= 11 is 8.81. The molecule has 0 bridgehead atoms. The quantitative estimate of drug-likeness (QED) is 0.603. The number of benzene rings is 1. The fourth-order valence-electron chi connectivity index (χ4n) is 1.35. The summed E-state index contributed by atoms with van der Waals surface area (Å²) in [5, 5.41) is 0. The van der Waals surface area contributed by atoms with Crippen molar-refractivity contribution in [1.29, 1.82) is 0 Å². The molecule has 0 spiro atoms. The number of methoxy groups -OCH3 is 1. The molecule has 0 fully saturated rings. The van der Waals surface area contributed by atoms with Crippen LogP contribution in [-0.2, 0) is 10.0 Å². The van der Waals surface area contributed by atoms with E-state index in [0.717, 1.165) is 0 Å². The number of halogens is 2. The number of hydrogen-bond acceptors (Lipinski definition) is 3. The van der Waals surface area contributed by atoms with Crippen LogP contribution in [-0.4, -0.2) is 27.2 Å². The molecule has 7 heteroatoms. The first-order valence-electron chi connectivity index (χ1n) is 5.38. The third-order valence-electron chi connectivity index (χ3n) is 2.22. The van der Waals surface area contributed by atoms with Crippen LogP contribution in [0.2, 0.25) is 0 Å². The van der Waals surface area contributed by atoms with E-state index >= 15 is 0 Å². The first-order valence-corrected chi connectivity index (χ1v) is 8.36. The summed E-state index contributed by atoms with van der Waals surface area (Å²) in [5.74, 6) is 1.20. The van der Waals surface area contributed by atoms with Crippen molar-refractivity contribution in [3.05, 3.63) is 22.7 Å². The van der Waals surface area contributed by atoms with Gasteiger partial charge in [0.25, 0.3) is 0 Å². The van der Waals surface area contributed by atoms with Crippen molar-refractivity contribution < 1.29 is 13.2 Å². The Labute approximate surface area is 121 Å². The number of rotatable bonds is 7. The van der Waals surface area contributed by atoms with Gasteiger partial charge in [0.1, 0.15) is 5.75 Å². The molecular weight excluding hydrogens is 342 g/mol. The number of ether oxygens (including phenoxy) is 1. The lowest BCUT2D eigenvalue weighted by atomic mass is 10.3. The number of anilines is 1. The van der Waals surface area contributed by atoms with E-state index in [1.54, 1.807) is 25.3 Å². The van der Waals surface area contributed by atoms with Crippen LogP contribution in [0.5, 0.6) is 5.75 Å². The van der Waals surface area contributed by atoms with Crippen LogP contribution in [0, 0.1) is 0 Å². The summed E-state index contributed by atoms with van der Waals surface area (Å²) in [4.78, 5) is 0. The number of unbranched alkanes of at least 4 members (excludes halogenated alkanes) is 1. The van der Waals surface area contributed by atoms with E-state index in [1.165, 1.54) is 0 Å². The van der Waals surface area contributed by atoms with Crippen LogP contribution in [0.4, 0.5) is 5.69 Å². The van der Waals surface area contributed by atoms with Gasteiger partial charge in [-0.2, -0.15) is 0 Å². The molecule has 0 atom stereocenters. The van der Waals surface area contributed by atoms with Crippen LogP contribution >= 0.6 is 27.5 Å². The molecule has 0 radical (unpaired) electrons. The van der Waals surface area contributed by atoms with Crippen molar-refractivity contribution in [3.63, 3.8) is 0 Å². The highest BCUT2D eigenvalue weighted by atomic mass is 79.9. The van der Waals surface area contributed by atoms with Gasteiger partial charge < -0.3 is 4.74 Å². The van der Waals surface area contributed by atoms with Gasteiger partial charge in [-0.15, -0.1) is 11.6 Å². The second-order valence-corrected chi connectivity index (χ2v) is 6.74. The lowest BCUT2D eigenvalue weighted by Crippen LogP contribution is -2.16. The Bertz CT molecular complexity index is 493. The van der Waals surface area contributed by atoms with Crippen LogP contribution < -0.4 is 9.46 Å². The fourth-order valence-corrected chi connectivity index (χ4v) is 3.25. The first-order chi connectivity index (χ1) is 8.48. The van der Waals surface area contributed by atoms with Gasteiger partial charge in [-0.25, -0.2) is 8.42 Å². The summed E-state index contributed by atoms with van der Waals surface area (Å²) in [5.41, 5.74) is 0.508. The molecule has 0 saturated heterocycles. The molecule has 0 heterocycles. The predicted octanol–water partition coefficient (Wildman–Crippen LogP) is 3.22. The van der Waals surface area contributed by atoms with Gasteiger partial charge in [0.05, 0.1) is 17.3 Å². The second kappa shape index (κ2) is 7.21.